The van der Waals surface area contributed by atoms with Crippen molar-refractivity contribution in [2.24, 2.45) is 5.73 Å². The summed E-state index contributed by atoms with van der Waals surface area (Å²) in [5, 5.41) is 3.97. The first-order chi connectivity index (χ1) is 8.78. The van der Waals surface area contributed by atoms with Crippen LogP contribution in [0.15, 0.2) is 9.64 Å². The van der Waals surface area contributed by atoms with E-state index < -0.39 is 5.54 Å². The lowest BCUT2D eigenvalue weighted by Gasteiger charge is -2.29. The Kier molecular flexibility index (Phi) is 5.43. The molecule has 0 saturated heterocycles. The molecule has 108 valence electrons. The van der Waals surface area contributed by atoms with Crippen molar-refractivity contribution >= 4 is 17.7 Å². The van der Waals surface area contributed by atoms with Crippen LogP contribution in [0.25, 0.3) is 0 Å². The van der Waals surface area contributed by atoms with Gasteiger partial charge in [-0.25, -0.2) is 4.98 Å². The predicted octanol–water partition coefficient (Wildman–Crippen LogP) is 2.02. The molecule has 5 nitrogen and oxygen atoms in total. The van der Waals surface area contributed by atoms with Gasteiger partial charge in [0.1, 0.15) is 5.76 Å². The van der Waals surface area contributed by atoms with Crippen LogP contribution >= 0.6 is 11.8 Å². The number of nitrogens with zero attached hydrogens (tertiary/aromatic N) is 1. The number of aryl methyl sites for hydroxylation is 2. The maximum atomic E-state index is 11.6. The fourth-order valence-corrected chi connectivity index (χ4v) is 3.06. The van der Waals surface area contributed by atoms with Crippen molar-refractivity contribution in [1.82, 2.24) is 10.3 Å². The standard InChI is InChI=1S/C13H23N3O2S/c1-6-15-13(5,11(14)17)7-8(2)19-12-16-9(3)10(4)18-12/h8,15H,6-7H2,1-5H3,(H2,14,17). The van der Waals surface area contributed by atoms with Crippen molar-refractivity contribution in [1.29, 1.82) is 0 Å². The van der Waals surface area contributed by atoms with Gasteiger partial charge in [-0.15, -0.1) is 0 Å². The summed E-state index contributed by atoms with van der Waals surface area (Å²) >= 11 is 1.52. The number of nitrogens with two attached hydrogens (primary N) is 1. The summed E-state index contributed by atoms with van der Waals surface area (Å²) < 4.78 is 5.54. The quantitative estimate of drug-likeness (QED) is 0.749. The third-order valence-corrected chi connectivity index (χ3v) is 4.06. The van der Waals surface area contributed by atoms with Crippen molar-refractivity contribution in [3.63, 3.8) is 0 Å². The van der Waals surface area contributed by atoms with Gasteiger partial charge in [-0.3, -0.25) is 4.79 Å². The highest BCUT2D eigenvalue weighted by molar-refractivity contribution is 7.99. The number of thioether (sulfide) groups is 1. The van der Waals surface area contributed by atoms with Gasteiger partial charge >= 0.3 is 0 Å². The van der Waals surface area contributed by atoms with Crippen molar-refractivity contribution in [2.45, 2.75) is 57.1 Å². The molecule has 1 aromatic heterocycles. The maximum absolute atomic E-state index is 11.6. The Morgan fingerprint density at radius 3 is 2.63 bits per heavy atom. The molecule has 0 spiro atoms. The van der Waals surface area contributed by atoms with E-state index in [1.54, 1.807) is 0 Å². The van der Waals surface area contributed by atoms with E-state index in [1.165, 1.54) is 11.8 Å². The molecule has 1 amide bonds. The monoisotopic (exact) mass is 285 g/mol. The predicted molar refractivity (Wildman–Crippen MR) is 77.2 cm³/mol. The second-order valence-electron chi connectivity index (χ2n) is 4.98. The number of likely N-dealkylation sites (N-methyl/N-ethyl adjacent to an activating group) is 1. The van der Waals surface area contributed by atoms with E-state index in [1.807, 2.05) is 34.6 Å². The Morgan fingerprint density at radius 2 is 2.21 bits per heavy atom. The van der Waals surface area contributed by atoms with Gasteiger partial charge in [0.15, 0.2) is 0 Å². The largest absolute Gasteiger partial charge is 0.437 e. The van der Waals surface area contributed by atoms with E-state index in [4.69, 9.17) is 10.2 Å². The number of aromatic nitrogens is 1. The number of primary amides is 1. The molecule has 0 fully saturated rings. The summed E-state index contributed by atoms with van der Waals surface area (Å²) in [6.07, 6.45) is 0.626. The van der Waals surface area contributed by atoms with E-state index >= 15 is 0 Å². The number of amides is 1. The number of oxazole rings is 1. The molecule has 0 aromatic carbocycles. The van der Waals surface area contributed by atoms with Gasteiger partial charge in [0.25, 0.3) is 5.22 Å². The summed E-state index contributed by atoms with van der Waals surface area (Å²) in [6.45, 7) is 10.3. The van der Waals surface area contributed by atoms with Crippen LogP contribution in [0, 0.1) is 13.8 Å². The zero-order valence-electron chi connectivity index (χ0n) is 12.2. The third-order valence-electron chi connectivity index (χ3n) is 3.12. The highest BCUT2D eigenvalue weighted by Gasteiger charge is 2.32. The lowest BCUT2D eigenvalue weighted by atomic mass is 9.95. The highest BCUT2D eigenvalue weighted by atomic mass is 32.2. The molecule has 2 atom stereocenters. The first-order valence-electron chi connectivity index (χ1n) is 6.44. The topological polar surface area (TPSA) is 81.2 Å². The second kappa shape index (κ2) is 6.43. The molecule has 0 aliphatic rings. The molecule has 0 radical (unpaired) electrons. The normalized spacial score (nSPS) is 16.1. The third kappa shape index (κ3) is 4.24. The highest BCUT2D eigenvalue weighted by Crippen LogP contribution is 2.29. The van der Waals surface area contributed by atoms with Crippen LogP contribution in [0.1, 0.15) is 38.6 Å². The zero-order valence-corrected chi connectivity index (χ0v) is 13.1. The van der Waals surface area contributed by atoms with E-state index in [-0.39, 0.29) is 11.2 Å². The first-order valence-corrected chi connectivity index (χ1v) is 7.32. The number of nitrogens with one attached hydrogen (secondary N) is 1. The summed E-state index contributed by atoms with van der Waals surface area (Å²) in [5.74, 6) is 0.501. The van der Waals surface area contributed by atoms with Crippen LogP contribution in [0.5, 0.6) is 0 Å². The Labute approximate surface area is 118 Å². The maximum Gasteiger partial charge on any atom is 0.256 e. The van der Waals surface area contributed by atoms with Gasteiger partial charge in [0.2, 0.25) is 5.91 Å². The molecule has 1 heterocycles. The molecular formula is C13H23N3O2S. The second-order valence-corrected chi connectivity index (χ2v) is 6.37. The minimum atomic E-state index is -0.697. The number of rotatable bonds is 7. The summed E-state index contributed by atoms with van der Waals surface area (Å²) in [7, 11) is 0. The molecule has 0 saturated carbocycles. The van der Waals surface area contributed by atoms with E-state index in [9.17, 15) is 4.79 Å². The number of hydrogen-bond acceptors (Lipinski definition) is 5. The minimum Gasteiger partial charge on any atom is -0.437 e. The molecule has 1 aromatic rings. The molecule has 1 rings (SSSR count). The van der Waals surface area contributed by atoms with E-state index in [2.05, 4.69) is 10.3 Å². The Morgan fingerprint density at radius 1 is 1.58 bits per heavy atom. The summed E-state index contributed by atoms with van der Waals surface area (Å²) in [5.41, 5.74) is 5.68. The van der Waals surface area contributed by atoms with Crippen LogP contribution in [-0.4, -0.2) is 28.2 Å². The van der Waals surface area contributed by atoms with Crippen LogP contribution in [0.3, 0.4) is 0 Å². The smallest absolute Gasteiger partial charge is 0.256 e. The minimum absolute atomic E-state index is 0.175. The molecule has 3 N–H and O–H groups in total. The fourth-order valence-electron chi connectivity index (χ4n) is 1.93. The van der Waals surface area contributed by atoms with Gasteiger partial charge in [0.05, 0.1) is 11.2 Å². The molecule has 0 aliphatic carbocycles. The van der Waals surface area contributed by atoms with Crippen molar-refractivity contribution in [3.05, 3.63) is 11.5 Å². The molecule has 19 heavy (non-hydrogen) atoms. The Hall–Kier alpha value is -1.01. The van der Waals surface area contributed by atoms with Crippen LogP contribution in [0.2, 0.25) is 0 Å². The number of carbonyl (C=O) groups excluding carboxylic acids is 1. The summed E-state index contributed by atoms with van der Waals surface area (Å²) in [6, 6.07) is 0. The molecule has 0 bridgehead atoms. The van der Waals surface area contributed by atoms with Gasteiger partial charge in [-0.05, 0) is 33.7 Å². The van der Waals surface area contributed by atoms with Crippen molar-refractivity contribution in [2.75, 3.05) is 6.54 Å². The van der Waals surface area contributed by atoms with Crippen LogP contribution < -0.4 is 11.1 Å². The molecule has 0 aliphatic heterocycles. The van der Waals surface area contributed by atoms with E-state index in [0.717, 1.165) is 11.5 Å². The van der Waals surface area contributed by atoms with Gasteiger partial charge in [0, 0.05) is 5.25 Å². The van der Waals surface area contributed by atoms with Gasteiger partial charge < -0.3 is 15.5 Å². The van der Waals surface area contributed by atoms with Crippen LogP contribution in [-0.2, 0) is 4.79 Å². The summed E-state index contributed by atoms with van der Waals surface area (Å²) in [4.78, 5) is 15.9. The average molecular weight is 285 g/mol. The van der Waals surface area contributed by atoms with Crippen LogP contribution in [0.4, 0.5) is 0 Å². The van der Waals surface area contributed by atoms with Gasteiger partial charge in [-0.2, -0.15) is 0 Å². The van der Waals surface area contributed by atoms with Crippen molar-refractivity contribution in [3.8, 4) is 0 Å². The SMILES string of the molecule is CCNC(C)(CC(C)Sc1nc(C)c(C)o1)C(N)=O. The van der Waals surface area contributed by atoms with Gasteiger partial charge in [-0.1, -0.05) is 25.6 Å². The first kappa shape index (κ1) is 16.0. The number of carbonyl (C=O) groups is 1. The Bertz CT molecular complexity index is 428. The lowest BCUT2D eigenvalue weighted by molar-refractivity contribution is -0.124. The lowest BCUT2D eigenvalue weighted by Crippen LogP contribution is -2.54. The average Bonchev–Trinajstić information content (AvgIpc) is 2.57. The molecule has 6 heteroatoms. The molecular weight excluding hydrogens is 262 g/mol. The van der Waals surface area contributed by atoms with E-state index in [0.29, 0.717) is 18.2 Å². The fraction of sp³-hybridized carbons (Fsp3) is 0.692. The Balaban J connectivity index is 2.67. The zero-order chi connectivity index (χ0) is 14.6. The molecule has 2 unspecified atom stereocenters. The van der Waals surface area contributed by atoms with Crippen molar-refractivity contribution < 1.29 is 9.21 Å². The number of hydrogen-bond donors (Lipinski definition) is 2.